The fraction of sp³-hybridized carbons (Fsp3) is 1.00. The van der Waals surface area contributed by atoms with E-state index in [1.807, 2.05) is 0 Å². The van der Waals surface area contributed by atoms with Gasteiger partial charge in [-0.2, -0.15) is 8.42 Å². The molecule has 0 saturated heterocycles. The normalized spacial score (nSPS) is 15.9. The average molecular weight is 158 g/mol. The second kappa shape index (κ2) is 2.67. The van der Waals surface area contributed by atoms with E-state index in [9.17, 15) is 8.42 Å². The first-order valence-corrected chi connectivity index (χ1v) is 4.09. The highest BCUT2D eigenvalue weighted by molar-refractivity contribution is 8.08. The molecule has 0 aliphatic rings. The lowest BCUT2D eigenvalue weighted by Crippen LogP contribution is -2.11. The van der Waals surface area contributed by atoms with Gasteiger partial charge in [-0.15, -0.1) is 0 Å². The van der Waals surface area contributed by atoms with E-state index in [-0.39, 0.29) is 12.0 Å². The molecule has 0 aliphatic carbocycles. The van der Waals surface area contributed by atoms with Crippen LogP contribution in [0.2, 0.25) is 0 Å². The molecule has 0 aliphatic heterocycles. The van der Waals surface area contributed by atoms with Crippen LogP contribution in [0.3, 0.4) is 0 Å². The second-order valence-electron chi connectivity index (χ2n) is 1.19. The molecule has 0 spiro atoms. The summed E-state index contributed by atoms with van der Waals surface area (Å²) in [6.45, 7) is 1.18. The maximum absolute atomic E-state index is 9.94. The Kier molecular flexibility index (Phi) is 2.75. The number of hydrogen-bond acceptors (Lipinski definition) is 4. The lowest BCUT2D eigenvalue weighted by molar-refractivity contribution is 0.480. The van der Waals surface area contributed by atoms with Gasteiger partial charge in [0.15, 0.2) is 4.58 Å². The van der Waals surface area contributed by atoms with Gasteiger partial charge >= 0.3 is 0 Å². The molecule has 0 aromatic carbocycles. The summed E-state index contributed by atoms with van der Waals surface area (Å²) in [7, 11) is -4.04. The van der Waals surface area contributed by atoms with Gasteiger partial charge in [0.25, 0.3) is 10.1 Å². The fourth-order valence-corrected chi connectivity index (χ4v) is 0.489. The smallest absolute Gasteiger partial charge is 0.279 e. The first-order chi connectivity index (χ1) is 3.48. The van der Waals surface area contributed by atoms with Gasteiger partial charge < -0.3 is 4.55 Å². The highest BCUT2D eigenvalue weighted by Gasteiger charge is 2.15. The van der Waals surface area contributed by atoms with Crippen LogP contribution < -0.4 is 0 Å². The van der Waals surface area contributed by atoms with Crippen LogP contribution in [0, 0.1) is 0 Å². The molecule has 0 aromatic heterocycles. The summed E-state index contributed by atoms with van der Waals surface area (Å²) in [6.07, 6.45) is 0. The van der Waals surface area contributed by atoms with Crippen molar-refractivity contribution in [3.05, 3.63) is 0 Å². The molecule has 0 rings (SSSR count). The van der Waals surface area contributed by atoms with Crippen LogP contribution in [0.5, 0.6) is 0 Å². The van der Waals surface area contributed by atoms with E-state index in [0.717, 1.165) is 0 Å². The fourth-order valence-electron chi connectivity index (χ4n) is 0.0544. The van der Waals surface area contributed by atoms with Gasteiger partial charge in [-0.1, -0.05) is 0 Å². The van der Waals surface area contributed by atoms with Crippen molar-refractivity contribution in [3.63, 3.8) is 0 Å². The van der Waals surface area contributed by atoms with Crippen LogP contribution in [-0.4, -0.2) is 22.1 Å². The summed E-state index contributed by atoms with van der Waals surface area (Å²) in [5.41, 5.74) is 0. The van der Waals surface area contributed by atoms with Crippen molar-refractivity contribution in [1.82, 2.24) is 0 Å². The summed E-state index contributed by atoms with van der Waals surface area (Å²) in [4.78, 5) is 0. The van der Waals surface area contributed by atoms with Crippen LogP contribution >= 0.6 is 12.0 Å². The van der Waals surface area contributed by atoms with Crippen LogP contribution in [-0.2, 0) is 10.1 Å². The number of rotatable bonds is 2. The van der Waals surface area contributed by atoms with Crippen molar-refractivity contribution in [2.45, 2.75) is 11.5 Å². The van der Waals surface area contributed by atoms with Crippen molar-refractivity contribution in [2.75, 3.05) is 0 Å². The minimum absolute atomic E-state index is 0.0937. The summed E-state index contributed by atoms with van der Waals surface area (Å²) in [5.74, 6) is 0. The van der Waals surface area contributed by atoms with Gasteiger partial charge in [-0.05, 0) is 6.92 Å². The molecule has 0 amide bonds. The quantitative estimate of drug-likeness (QED) is 0.450. The molecular weight excluding hydrogens is 152 g/mol. The molecule has 0 radical (unpaired) electrons. The minimum atomic E-state index is -4.04. The molecule has 0 fully saturated rings. The Balaban J connectivity index is 4.04. The van der Waals surface area contributed by atoms with Crippen molar-refractivity contribution < 1.29 is 17.5 Å². The molecule has 4 nitrogen and oxygen atoms in total. The molecule has 0 bridgehead atoms. The second-order valence-corrected chi connectivity index (χ2v) is 4.14. The summed E-state index contributed by atoms with van der Waals surface area (Å²) in [5, 5.41) is 0. The summed E-state index contributed by atoms with van der Waals surface area (Å²) in [6, 6.07) is 0. The molecule has 6 heteroatoms. The lowest BCUT2D eigenvalue weighted by atomic mass is 11.0. The van der Waals surface area contributed by atoms with Gasteiger partial charge in [0.1, 0.15) is 0 Å². The zero-order valence-corrected chi connectivity index (χ0v) is 5.74. The minimum Gasteiger partial charge on any atom is -0.329 e. The Hall–Kier alpha value is 0.220. The van der Waals surface area contributed by atoms with E-state index < -0.39 is 14.7 Å². The van der Waals surface area contributed by atoms with Crippen molar-refractivity contribution in [2.24, 2.45) is 0 Å². The molecule has 0 heterocycles. The Labute approximate surface area is 51.9 Å². The molecular formula is C2H6O4S2. The standard InChI is InChI=1S/C2H6O4S2/c1-2(7-3)8(4,5)6/h2-3H,1H3,(H,4,5,6). The Morgan fingerprint density at radius 1 is 1.62 bits per heavy atom. The molecule has 1 atom stereocenters. The summed E-state index contributed by atoms with van der Waals surface area (Å²) < 4.78 is 34.8. The average Bonchev–Trinajstić information content (AvgIpc) is 1.62. The zero-order chi connectivity index (χ0) is 6.78. The molecule has 2 N–H and O–H groups in total. The van der Waals surface area contributed by atoms with Gasteiger partial charge in [0.05, 0.1) is 0 Å². The monoisotopic (exact) mass is 158 g/mol. The predicted molar refractivity (Wildman–Crippen MR) is 31.2 cm³/mol. The first kappa shape index (κ1) is 8.22. The van der Waals surface area contributed by atoms with Crippen LogP contribution in [0.4, 0.5) is 0 Å². The van der Waals surface area contributed by atoms with E-state index in [4.69, 9.17) is 9.11 Å². The number of hydrogen-bond donors (Lipinski definition) is 2. The zero-order valence-electron chi connectivity index (χ0n) is 4.10. The lowest BCUT2D eigenvalue weighted by Gasteiger charge is -1.98. The third-order valence-corrected chi connectivity index (χ3v) is 2.69. The molecule has 1 unspecified atom stereocenters. The van der Waals surface area contributed by atoms with Gasteiger partial charge in [0, 0.05) is 12.0 Å². The van der Waals surface area contributed by atoms with Crippen LogP contribution in [0.25, 0.3) is 0 Å². The highest BCUT2D eigenvalue weighted by atomic mass is 32.3. The topological polar surface area (TPSA) is 74.6 Å². The molecule has 8 heavy (non-hydrogen) atoms. The third-order valence-electron chi connectivity index (χ3n) is 0.568. The Bertz CT molecular complexity index is 147. The largest absolute Gasteiger partial charge is 0.329 e. The van der Waals surface area contributed by atoms with Crippen molar-refractivity contribution in [3.8, 4) is 0 Å². The van der Waals surface area contributed by atoms with Gasteiger partial charge in [0.2, 0.25) is 0 Å². The maximum atomic E-state index is 9.94. The van der Waals surface area contributed by atoms with E-state index in [1.165, 1.54) is 6.92 Å². The maximum Gasteiger partial charge on any atom is 0.279 e. The van der Waals surface area contributed by atoms with Crippen molar-refractivity contribution in [1.29, 1.82) is 0 Å². The third kappa shape index (κ3) is 2.51. The predicted octanol–water partition coefficient (Wildman–Crippen LogP) is 0.426. The molecule has 0 saturated carbocycles. The Morgan fingerprint density at radius 2 is 2.00 bits per heavy atom. The first-order valence-electron chi connectivity index (χ1n) is 1.75. The Morgan fingerprint density at radius 3 is 2.00 bits per heavy atom. The van der Waals surface area contributed by atoms with Crippen LogP contribution in [0.15, 0.2) is 0 Å². The van der Waals surface area contributed by atoms with Gasteiger partial charge in [-0.3, -0.25) is 4.55 Å². The van der Waals surface area contributed by atoms with Crippen LogP contribution in [0.1, 0.15) is 6.92 Å². The highest BCUT2D eigenvalue weighted by Crippen LogP contribution is 2.09. The molecule has 50 valence electrons. The van der Waals surface area contributed by atoms with E-state index in [2.05, 4.69) is 0 Å². The van der Waals surface area contributed by atoms with Gasteiger partial charge in [-0.25, -0.2) is 0 Å². The van der Waals surface area contributed by atoms with Crippen molar-refractivity contribution >= 4 is 22.2 Å². The van der Waals surface area contributed by atoms with E-state index in [1.54, 1.807) is 0 Å². The van der Waals surface area contributed by atoms with E-state index in [0.29, 0.717) is 0 Å². The summed E-state index contributed by atoms with van der Waals surface area (Å²) >= 11 is 0.0937. The molecule has 0 aromatic rings. The van der Waals surface area contributed by atoms with E-state index >= 15 is 0 Å². The SMILES string of the molecule is CC(SO)S(=O)(=O)O.